The van der Waals surface area contributed by atoms with Gasteiger partial charge in [-0.05, 0) is 61.1 Å². The van der Waals surface area contributed by atoms with Gasteiger partial charge in [0, 0.05) is 24.1 Å². The fourth-order valence-corrected chi connectivity index (χ4v) is 5.71. The predicted octanol–water partition coefficient (Wildman–Crippen LogP) is 3.97. The van der Waals surface area contributed by atoms with Gasteiger partial charge in [-0.1, -0.05) is 46.6 Å². The maximum absolute atomic E-state index is 12.8. The number of nitrogens with zero attached hydrogens (tertiary/aromatic N) is 1. The van der Waals surface area contributed by atoms with Crippen molar-refractivity contribution in [1.29, 1.82) is 0 Å². The molecule has 2 aromatic rings. The number of amides is 1. The molecule has 1 saturated heterocycles. The van der Waals surface area contributed by atoms with Gasteiger partial charge in [-0.3, -0.25) is 4.79 Å². The van der Waals surface area contributed by atoms with E-state index in [1.165, 1.54) is 0 Å². The quantitative estimate of drug-likeness (QED) is 0.685. The van der Waals surface area contributed by atoms with Gasteiger partial charge in [0.15, 0.2) is 0 Å². The van der Waals surface area contributed by atoms with Crippen LogP contribution in [0.5, 0.6) is 0 Å². The van der Waals surface area contributed by atoms with E-state index in [-0.39, 0.29) is 5.91 Å². The maximum atomic E-state index is 12.8. The van der Waals surface area contributed by atoms with E-state index in [4.69, 9.17) is 0 Å². The molecule has 1 amide bonds. The molecule has 4 rings (SSSR count). The van der Waals surface area contributed by atoms with Crippen LogP contribution in [0.1, 0.15) is 43.2 Å². The Labute approximate surface area is 180 Å². The average molecular weight is 477 g/mol. The summed E-state index contributed by atoms with van der Waals surface area (Å²) in [6.07, 6.45) is 4.64. The van der Waals surface area contributed by atoms with E-state index < -0.39 is 15.4 Å². The third-order valence-electron chi connectivity index (χ3n) is 5.91. The molecule has 1 saturated carbocycles. The lowest BCUT2D eigenvalue weighted by Crippen LogP contribution is -2.35. The predicted molar refractivity (Wildman–Crippen MR) is 116 cm³/mol. The summed E-state index contributed by atoms with van der Waals surface area (Å²) < 4.78 is 28.0. The summed E-state index contributed by atoms with van der Waals surface area (Å²) in [4.78, 5) is 13.1. The number of benzene rings is 2. The van der Waals surface area contributed by atoms with Crippen LogP contribution in [-0.4, -0.2) is 31.7 Å². The molecule has 2 aromatic carbocycles. The Bertz CT molecular complexity index is 978. The summed E-state index contributed by atoms with van der Waals surface area (Å²) in [5.74, 6) is 0.0323. The first-order chi connectivity index (χ1) is 13.9. The van der Waals surface area contributed by atoms with Gasteiger partial charge in [0.25, 0.3) is 0 Å². The van der Waals surface area contributed by atoms with Crippen molar-refractivity contribution in [2.45, 2.75) is 49.0 Å². The van der Waals surface area contributed by atoms with E-state index in [1.54, 1.807) is 28.6 Å². The van der Waals surface area contributed by atoms with Crippen molar-refractivity contribution in [3.8, 4) is 0 Å². The Hall–Kier alpha value is -1.70. The molecule has 0 aromatic heterocycles. The van der Waals surface area contributed by atoms with Gasteiger partial charge in [-0.25, -0.2) is 8.42 Å². The van der Waals surface area contributed by atoms with Gasteiger partial charge in [0.1, 0.15) is 0 Å². The van der Waals surface area contributed by atoms with Crippen LogP contribution >= 0.6 is 15.9 Å². The summed E-state index contributed by atoms with van der Waals surface area (Å²) in [6, 6.07) is 14.8. The molecule has 2 aliphatic rings. The Morgan fingerprint density at radius 2 is 1.59 bits per heavy atom. The van der Waals surface area contributed by atoms with Gasteiger partial charge in [0.05, 0.1) is 10.3 Å². The fourth-order valence-electron chi connectivity index (χ4n) is 3.93. The van der Waals surface area contributed by atoms with E-state index in [1.807, 2.05) is 24.3 Å². The van der Waals surface area contributed by atoms with Crippen LogP contribution in [0.3, 0.4) is 0 Å². The van der Waals surface area contributed by atoms with Crippen LogP contribution in [0.15, 0.2) is 57.9 Å². The Balaban J connectivity index is 1.39. The lowest BCUT2D eigenvalue weighted by Gasteiger charge is -2.25. The SMILES string of the molecule is O=C(NCc1ccc(S(=O)(=O)N2CCCCC2)cc1)C1(c2ccc(Br)cc2)CC1. The van der Waals surface area contributed by atoms with Crippen molar-refractivity contribution < 1.29 is 13.2 Å². The molecule has 1 heterocycles. The Kier molecular flexibility index (Phi) is 5.82. The maximum Gasteiger partial charge on any atom is 0.243 e. The number of halogens is 1. The molecule has 1 aliphatic carbocycles. The summed E-state index contributed by atoms with van der Waals surface area (Å²) in [7, 11) is -3.42. The number of piperidine rings is 1. The van der Waals surface area contributed by atoms with Gasteiger partial charge in [-0.15, -0.1) is 0 Å². The van der Waals surface area contributed by atoms with Crippen LogP contribution in [-0.2, 0) is 26.8 Å². The number of hydrogen-bond donors (Lipinski definition) is 1. The highest BCUT2D eigenvalue weighted by Gasteiger charge is 2.51. The first kappa shape index (κ1) is 20.6. The molecule has 7 heteroatoms. The van der Waals surface area contributed by atoms with E-state index in [0.29, 0.717) is 24.5 Å². The molecule has 1 aliphatic heterocycles. The first-order valence-corrected chi connectivity index (χ1v) is 12.3. The summed E-state index contributed by atoms with van der Waals surface area (Å²) in [5.41, 5.74) is 1.52. The molecule has 0 spiro atoms. The minimum atomic E-state index is -3.42. The minimum absolute atomic E-state index is 0.0323. The van der Waals surface area contributed by atoms with Gasteiger partial charge in [0.2, 0.25) is 15.9 Å². The number of carbonyl (C=O) groups excluding carboxylic acids is 1. The smallest absolute Gasteiger partial charge is 0.243 e. The molecule has 5 nitrogen and oxygen atoms in total. The van der Waals surface area contributed by atoms with Crippen molar-refractivity contribution >= 4 is 31.9 Å². The second-order valence-corrected chi connectivity index (χ2v) is 10.7. The molecule has 0 bridgehead atoms. The third-order valence-corrected chi connectivity index (χ3v) is 8.35. The Morgan fingerprint density at radius 1 is 0.966 bits per heavy atom. The molecular formula is C22H25BrN2O3S. The highest BCUT2D eigenvalue weighted by molar-refractivity contribution is 9.10. The zero-order valence-corrected chi connectivity index (χ0v) is 18.6. The number of sulfonamides is 1. The van der Waals surface area contributed by atoms with Gasteiger partial charge in [-0.2, -0.15) is 4.31 Å². The third kappa shape index (κ3) is 4.27. The lowest BCUT2D eigenvalue weighted by molar-refractivity contribution is -0.123. The van der Waals surface area contributed by atoms with Crippen molar-refractivity contribution in [2.75, 3.05) is 13.1 Å². The second kappa shape index (κ2) is 8.20. The molecule has 29 heavy (non-hydrogen) atoms. The van der Waals surface area contributed by atoms with E-state index >= 15 is 0 Å². The van der Waals surface area contributed by atoms with Crippen molar-refractivity contribution in [3.63, 3.8) is 0 Å². The largest absolute Gasteiger partial charge is 0.351 e. The minimum Gasteiger partial charge on any atom is -0.351 e. The molecule has 2 fully saturated rings. The highest BCUT2D eigenvalue weighted by Crippen LogP contribution is 2.48. The fraction of sp³-hybridized carbons (Fsp3) is 0.409. The molecule has 0 unspecified atom stereocenters. The topological polar surface area (TPSA) is 66.5 Å². The number of rotatable bonds is 6. The van der Waals surface area contributed by atoms with Gasteiger partial charge >= 0.3 is 0 Å². The van der Waals surface area contributed by atoms with E-state index in [0.717, 1.165) is 47.7 Å². The van der Waals surface area contributed by atoms with Crippen LogP contribution in [0, 0.1) is 0 Å². The average Bonchev–Trinajstić information content (AvgIpc) is 3.55. The van der Waals surface area contributed by atoms with Crippen LogP contribution in [0.2, 0.25) is 0 Å². The zero-order valence-electron chi connectivity index (χ0n) is 16.2. The second-order valence-electron chi connectivity index (χ2n) is 7.88. The summed E-state index contributed by atoms with van der Waals surface area (Å²) in [6.45, 7) is 1.58. The number of carbonyl (C=O) groups is 1. The zero-order chi connectivity index (χ0) is 20.5. The first-order valence-electron chi connectivity index (χ1n) is 10.1. The normalized spacial score (nSPS) is 18.9. The molecule has 0 atom stereocenters. The monoisotopic (exact) mass is 476 g/mol. The highest BCUT2D eigenvalue weighted by atomic mass is 79.9. The summed E-state index contributed by atoms with van der Waals surface area (Å²) in [5, 5.41) is 3.03. The summed E-state index contributed by atoms with van der Waals surface area (Å²) >= 11 is 3.43. The number of hydrogen-bond acceptors (Lipinski definition) is 3. The van der Waals surface area contributed by atoms with Crippen molar-refractivity contribution in [2.24, 2.45) is 0 Å². The van der Waals surface area contributed by atoms with Crippen LogP contribution in [0.4, 0.5) is 0 Å². The van der Waals surface area contributed by atoms with Crippen molar-refractivity contribution in [3.05, 3.63) is 64.1 Å². The molecule has 0 radical (unpaired) electrons. The van der Waals surface area contributed by atoms with Crippen LogP contribution in [0.25, 0.3) is 0 Å². The standard InChI is InChI=1S/C22H25BrN2O3S/c23-19-8-6-18(7-9-19)22(12-13-22)21(26)24-16-17-4-10-20(11-5-17)29(27,28)25-14-2-1-3-15-25/h4-11H,1-3,12-16H2,(H,24,26). The lowest BCUT2D eigenvalue weighted by atomic mass is 9.95. The molecule has 1 N–H and O–H groups in total. The van der Waals surface area contributed by atoms with Crippen LogP contribution < -0.4 is 5.32 Å². The Morgan fingerprint density at radius 3 is 2.17 bits per heavy atom. The number of nitrogens with one attached hydrogen (secondary N) is 1. The van der Waals surface area contributed by atoms with Gasteiger partial charge < -0.3 is 5.32 Å². The van der Waals surface area contributed by atoms with Crippen molar-refractivity contribution in [1.82, 2.24) is 9.62 Å². The van der Waals surface area contributed by atoms with E-state index in [9.17, 15) is 13.2 Å². The molecule has 154 valence electrons. The molecular weight excluding hydrogens is 452 g/mol. The van der Waals surface area contributed by atoms with E-state index in [2.05, 4.69) is 21.2 Å².